The van der Waals surface area contributed by atoms with E-state index in [9.17, 15) is 23.7 Å². The van der Waals surface area contributed by atoms with E-state index in [2.05, 4.69) is 0 Å². The lowest BCUT2D eigenvalue weighted by Crippen LogP contribution is -1.95. The van der Waals surface area contributed by atoms with Gasteiger partial charge in [-0.3, -0.25) is 14.9 Å². The van der Waals surface area contributed by atoms with Crippen LogP contribution in [0.5, 0.6) is 0 Å². The van der Waals surface area contributed by atoms with Gasteiger partial charge in [-0.05, 0) is 12.1 Å². The molecule has 0 unspecified atom stereocenters. The van der Waals surface area contributed by atoms with Gasteiger partial charge in [-0.25, -0.2) is 4.39 Å². The molecule has 0 radical (unpaired) electrons. The van der Waals surface area contributed by atoms with Gasteiger partial charge in [0.25, 0.3) is 0 Å². The maximum absolute atomic E-state index is 13.5. The molecule has 7 heteroatoms. The van der Waals surface area contributed by atoms with Crippen LogP contribution < -0.4 is 0 Å². The Kier molecular flexibility index (Phi) is 2.88. The number of nitro groups is 1. The topological polar surface area (TPSA) is 73.3 Å². The molecule has 0 amide bonds. The summed E-state index contributed by atoms with van der Waals surface area (Å²) in [4.78, 5) is 20.0. The van der Waals surface area contributed by atoms with Gasteiger partial charge < -0.3 is 4.42 Å². The smallest absolute Gasteiger partial charge is 0.305 e. The summed E-state index contributed by atoms with van der Waals surface area (Å²) in [5, 5.41) is 10.5. The summed E-state index contributed by atoms with van der Waals surface area (Å²) in [6.07, 6.45) is 0.402. The molecule has 0 spiro atoms. The number of benzene rings is 1. The van der Waals surface area contributed by atoms with Crippen LogP contribution in [0.1, 0.15) is 10.6 Å². The van der Waals surface area contributed by atoms with Crippen LogP contribution in [-0.4, -0.2) is 11.2 Å². The summed E-state index contributed by atoms with van der Waals surface area (Å²) < 4.78 is 31.5. The van der Waals surface area contributed by atoms with Gasteiger partial charge in [-0.2, -0.15) is 4.39 Å². The lowest BCUT2D eigenvalue weighted by atomic mass is 10.1. The monoisotopic (exact) mass is 253 g/mol. The van der Waals surface area contributed by atoms with Gasteiger partial charge in [0.2, 0.25) is 5.82 Å². The van der Waals surface area contributed by atoms with E-state index in [0.717, 1.165) is 6.07 Å². The molecule has 0 fully saturated rings. The fourth-order valence-electron chi connectivity index (χ4n) is 1.43. The van der Waals surface area contributed by atoms with Gasteiger partial charge in [-0.1, -0.05) is 0 Å². The van der Waals surface area contributed by atoms with Gasteiger partial charge in [0.05, 0.1) is 10.5 Å². The zero-order valence-corrected chi connectivity index (χ0v) is 8.72. The zero-order chi connectivity index (χ0) is 13.3. The molecule has 18 heavy (non-hydrogen) atoms. The largest absolute Gasteiger partial charge is 0.453 e. The molecule has 1 aromatic heterocycles. The Hall–Kier alpha value is -2.57. The quantitative estimate of drug-likeness (QED) is 0.479. The average Bonchev–Trinajstić information content (AvgIpc) is 2.77. The van der Waals surface area contributed by atoms with Crippen molar-refractivity contribution in [1.29, 1.82) is 0 Å². The molecule has 0 saturated carbocycles. The second-order valence-corrected chi connectivity index (χ2v) is 3.36. The summed E-state index contributed by atoms with van der Waals surface area (Å²) in [7, 11) is 0. The molecule has 5 nitrogen and oxygen atoms in total. The molecule has 0 aliphatic carbocycles. The molecule has 0 atom stereocenters. The molecule has 0 bridgehead atoms. The number of hydrogen-bond donors (Lipinski definition) is 0. The first-order valence-corrected chi connectivity index (χ1v) is 4.71. The third-order valence-electron chi connectivity index (χ3n) is 2.24. The van der Waals surface area contributed by atoms with E-state index >= 15 is 0 Å². The third-order valence-corrected chi connectivity index (χ3v) is 2.24. The maximum Gasteiger partial charge on any atom is 0.305 e. The first kappa shape index (κ1) is 11.9. The van der Waals surface area contributed by atoms with E-state index in [1.165, 1.54) is 12.1 Å². The molecule has 2 aromatic rings. The van der Waals surface area contributed by atoms with Crippen molar-refractivity contribution in [2.45, 2.75) is 0 Å². The highest BCUT2D eigenvalue weighted by atomic mass is 19.1. The van der Waals surface area contributed by atoms with Crippen LogP contribution in [0.3, 0.4) is 0 Å². The fraction of sp³-hybridized carbons (Fsp3) is 0. The molecule has 0 aliphatic heterocycles. The minimum Gasteiger partial charge on any atom is -0.453 e. The van der Waals surface area contributed by atoms with Crippen molar-refractivity contribution < 1.29 is 22.9 Å². The fourth-order valence-corrected chi connectivity index (χ4v) is 1.43. The molecule has 0 saturated heterocycles. The first-order valence-electron chi connectivity index (χ1n) is 4.71. The predicted molar refractivity (Wildman–Crippen MR) is 56.1 cm³/mol. The van der Waals surface area contributed by atoms with Crippen LogP contribution in [0.25, 0.3) is 11.3 Å². The average molecular weight is 253 g/mol. The standard InChI is InChI=1S/C11H5F2NO4/c12-8-4-9(13)10(14(16)17)3-7(8)11-2-1-6(5-15)18-11/h1-5H. The van der Waals surface area contributed by atoms with Crippen LogP contribution in [0.4, 0.5) is 14.5 Å². The number of nitro benzene ring substituents is 1. The van der Waals surface area contributed by atoms with Gasteiger partial charge in [0.15, 0.2) is 12.0 Å². The summed E-state index contributed by atoms with van der Waals surface area (Å²) >= 11 is 0. The normalized spacial score (nSPS) is 10.3. The number of halogens is 2. The highest BCUT2D eigenvalue weighted by Crippen LogP contribution is 2.30. The third kappa shape index (κ3) is 1.97. The second-order valence-electron chi connectivity index (χ2n) is 3.36. The van der Waals surface area contributed by atoms with Crippen LogP contribution >= 0.6 is 0 Å². The number of nitrogens with zero attached hydrogens (tertiary/aromatic N) is 1. The summed E-state index contributed by atoms with van der Waals surface area (Å²) in [5.74, 6) is -2.43. The molecular weight excluding hydrogens is 248 g/mol. The van der Waals surface area contributed by atoms with Crippen LogP contribution in [0.15, 0.2) is 28.7 Å². The molecule has 1 heterocycles. The Morgan fingerprint density at radius 2 is 1.94 bits per heavy atom. The van der Waals surface area contributed by atoms with E-state index in [1.54, 1.807) is 0 Å². The lowest BCUT2D eigenvalue weighted by molar-refractivity contribution is -0.387. The molecule has 2 rings (SSSR count). The van der Waals surface area contributed by atoms with Crippen molar-refractivity contribution in [2.75, 3.05) is 0 Å². The van der Waals surface area contributed by atoms with Crippen LogP contribution in [0, 0.1) is 21.7 Å². The number of rotatable bonds is 3. The summed E-state index contributed by atoms with van der Waals surface area (Å²) in [6.45, 7) is 0. The highest BCUT2D eigenvalue weighted by Gasteiger charge is 2.20. The maximum atomic E-state index is 13.5. The van der Waals surface area contributed by atoms with Crippen LogP contribution in [0.2, 0.25) is 0 Å². The molecular formula is C11H5F2NO4. The van der Waals surface area contributed by atoms with E-state index < -0.39 is 22.2 Å². The minimum atomic E-state index is -1.27. The lowest BCUT2D eigenvalue weighted by Gasteiger charge is -2.00. The highest BCUT2D eigenvalue weighted by molar-refractivity contribution is 5.73. The second kappa shape index (κ2) is 4.36. The minimum absolute atomic E-state index is 0.0589. The van der Waals surface area contributed by atoms with E-state index in [1.807, 2.05) is 0 Å². The number of furan rings is 1. The van der Waals surface area contributed by atoms with Crippen molar-refractivity contribution in [3.63, 3.8) is 0 Å². The molecule has 92 valence electrons. The summed E-state index contributed by atoms with van der Waals surface area (Å²) in [5.41, 5.74) is -1.15. The number of carbonyl (C=O) groups excluding carboxylic acids is 1. The molecule has 0 aliphatic rings. The van der Waals surface area contributed by atoms with Gasteiger partial charge in [0.1, 0.15) is 11.6 Å². The van der Waals surface area contributed by atoms with Crippen molar-refractivity contribution >= 4 is 12.0 Å². The number of aldehydes is 1. The van der Waals surface area contributed by atoms with Crippen molar-refractivity contribution in [2.24, 2.45) is 0 Å². The van der Waals surface area contributed by atoms with Crippen LogP contribution in [-0.2, 0) is 0 Å². The van der Waals surface area contributed by atoms with E-state index in [0.29, 0.717) is 12.4 Å². The van der Waals surface area contributed by atoms with Crippen molar-refractivity contribution in [1.82, 2.24) is 0 Å². The Bertz CT molecular complexity index is 636. The first-order chi connectivity index (χ1) is 8.52. The summed E-state index contributed by atoms with van der Waals surface area (Å²) in [6, 6.07) is 3.66. The Balaban J connectivity index is 2.59. The van der Waals surface area contributed by atoms with Crippen molar-refractivity contribution in [3.8, 4) is 11.3 Å². The van der Waals surface area contributed by atoms with E-state index in [4.69, 9.17) is 4.42 Å². The zero-order valence-electron chi connectivity index (χ0n) is 8.72. The molecule has 0 N–H and O–H groups in total. The predicted octanol–water partition coefficient (Wildman–Crippen LogP) is 2.95. The van der Waals surface area contributed by atoms with Crippen molar-refractivity contribution in [3.05, 3.63) is 51.8 Å². The van der Waals surface area contributed by atoms with Gasteiger partial charge in [-0.15, -0.1) is 0 Å². The number of hydrogen-bond acceptors (Lipinski definition) is 4. The van der Waals surface area contributed by atoms with Gasteiger partial charge in [0, 0.05) is 12.1 Å². The Morgan fingerprint density at radius 1 is 1.22 bits per heavy atom. The Labute approximate surface area is 98.8 Å². The Morgan fingerprint density at radius 3 is 2.50 bits per heavy atom. The SMILES string of the molecule is O=Cc1ccc(-c2cc([N+](=O)[O-])c(F)cc2F)o1. The van der Waals surface area contributed by atoms with E-state index in [-0.39, 0.29) is 17.1 Å². The molecule has 1 aromatic carbocycles. The number of carbonyl (C=O) groups is 1. The van der Waals surface area contributed by atoms with Gasteiger partial charge >= 0.3 is 5.69 Å².